The summed E-state index contributed by atoms with van der Waals surface area (Å²) in [7, 11) is 0. The maximum atomic E-state index is 14.0. The second-order valence-electron chi connectivity index (χ2n) is 4.55. The van der Waals surface area contributed by atoms with Gasteiger partial charge in [-0.05, 0) is 30.0 Å². The maximum Gasteiger partial charge on any atom is 0.131 e. The van der Waals surface area contributed by atoms with Crippen molar-refractivity contribution >= 4 is 0 Å². The van der Waals surface area contributed by atoms with Crippen LogP contribution in [0.15, 0.2) is 42.5 Å². The number of benzene rings is 2. The second kappa shape index (κ2) is 5.32. The van der Waals surface area contributed by atoms with E-state index >= 15 is 0 Å². The van der Waals surface area contributed by atoms with Crippen LogP contribution in [0.3, 0.4) is 0 Å². The molecule has 0 amide bonds. The summed E-state index contributed by atoms with van der Waals surface area (Å²) in [4.78, 5) is 0. The molecule has 2 aromatic rings. The zero-order valence-electron chi connectivity index (χ0n) is 10.8. The number of halogens is 1. The maximum absolute atomic E-state index is 14.0. The summed E-state index contributed by atoms with van der Waals surface area (Å²) < 4.78 is 14.0. The smallest absolute Gasteiger partial charge is 0.131 e. The van der Waals surface area contributed by atoms with E-state index in [0.29, 0.717) is 11.1 Å². The fourth-order valence-electron chi connectivity index (χ4n) is 2.05. The Kier molecular flexibility index (Phi) is 3.78. The Morgan fingerprint density at radius 1 is 1.11 bits per heavy atom. The summed E-state index contributed by atoms with van der Waals surface area (Å²) in [5.41, 5.74) is 9.53. The molecule has 1 atom stereocenters. The van der Waals surface area contributed by atoms with Gasteiger partial charge in [-0.1, -0.05) is 49.4 Å². The molecular formula is C16H18FN. The highest BCUT2D eigenvalue weighted by molar-refractivity contribution is 5.36. The molecule has 0 aliphatic rings. The summed E-state index contributed by atoms with van der Waals surface area (Å²) >= 11 is 0. The van der Waals surface area contributed by atoms with Crippen LogP contribution >= 0.6 is 0 Å². The third-order valence-electron chi connectivity index (χ3n) is 3.30. The third-order valence-corrected chi connectivity index (χ3v) is 3.30. The fourth-order valence-corrected chi connectivity index (χ4v) is 2.05. The standard InChI is InChI=1S/C16H18FN/c1-3-12-7-9-13(10-8-12)16(18)14-6-4-5-11(2)15(14)17/h4-10,16H,3,18H2,1-2H3. The Labute approximate surface area is 107 Å². The minimum atomic E-state index is -0.407. The fraction of sp³-hybridized carbons (Fsp3) is 0.250. The molecule has 18 heavy (non-hydrogen) atoms. The van der Waals surface area contributed by atoms with Gasteiger partial charge in [0, 0.05) is 5.56 Å². The molecular weight excluding hydrogens is 225 g/mol. The molecule has 0 radical (unpaired) electrons. The summed E-state index contributed by atoms with van der Waals surface area (Å²) in [6.07, 6.45) is 0.994. The van der Waals surface area contributed by atoms with Crippen LogP contribution in [0.2, 0.25) is 0 Å². The molecule has 0 heterocycles. The minimum Gasteiger partial charge on any atom is -0.320 e. The Hall–Kier alpha value is -1.67. The molecule has 0 bridgehead atoms. The van der Waals surface area contributed by atoms with Gasteiger partial charge in [-0.15, -0.1) is 0 Å². The van der Waals surface area contributed by atoms with Gasteiger partial charge in [0.15, 0.2) is 0 Å². The van der Waals surface area contributed by atoms with Crippen molar-refractivity contribution in [3.8, 4) is 0 Å². The lowest BCUT2D eigenvalue weighted by atomic mass is 9.96. The van der Waals surface area contributed by atoms with Gasteiger partial charge in [-0.25, -0.2) is 4.39 Å². The summed E-state index contributed by atoms with van der Waals surface area (Å²) in [6, 6.07) is 13.0. The average molecular weight is 243 g/mol. The first kappa shape index (κ1) is 12.8. The molecule has 0 saturated heterocycles. The average Bonchev–Trinajstić information content (AvgIpc) is 2.41. The van der Waals surface area contributed by atoms with Crippen molar-refractivity contribution in [2.75, 3.05) is 0 Å². The third kappa shape index (κ3) is 2.44. The Morgan fingerprint density at radius 3 is 2.39 bits per heavy atom. The Balaban J connectivity index is 2.35. The van der Waals surface area contributed by atoms with Crippen molar-refractivity contribution in [2.24, 2.45) is 5.73 Å². The topological polar surface area (TPSA) is 26.0 Å². The largest absolute Gasteiger partial charge is 0.320 e. The van der Waals surface area contributed by atoms with Crippen LogP contribution < -0.4 is 5.73 Å². The molecule has 0 spiro atoms. The van der Waals surface area contributed by atoms with E-state index in [1.165, 1.54) is 5.56 Å². The van der Waals surface area contributed by atoms with Crippen LogP contribution in [0.25, 0.3) is 0 Å². The van der Waals surface area contributed by atoms with Crippen molar-refractivity contribution in [1.29, 1.82) is 0 Å². The second-order valence-corrected chi connectivity index (χ2v) is 4.55. The van der Waals surface area contributed by atoms with Crippen LogP contribution in [0.4, 0.5) is 4.39 Å². The lowest BCUT2D eigenvalue weighted by molar-refractivity contribution is 0.591. The molecule has 2 N–H and O–H groups in total. The molecule has 1 nitrogen and oxygen atoms in total. The quantitative estimate of drug-likeness (QED) is 0.873. The molecule has 0 aromatic heterocycles. The first-order valence-electron chi connectivity index (χ1n) is 6.23. The zero-order valence-corrected chi connectivity index (χ0v) is 10.8. The van der Waals surface area contributed by atoms with Crippen LogP contribution in [0.1, 0.15) is 35.2 Å². The van der Waals surface area contributed by atoms with Crippen molar-refractivity contribution in [3.05, 3.63) is 70.5 Å². The van der Waals surface area contributed by atoms with E-state index in [1.54, 1.807) is 19.1 Å². The first-order valence-corrected chi connectivity index (χ1v) is 6.23. The molecule has 0 aliphatic carbocycles. The number of hydrogen-bond donors (Lipinski definition) is 1. The summed E-state index contributed by atoms with van der Waals surface area (Å²) in [5.74, 6) is -0.204. The highest BCUT2D eigenvalue weighted by Gasteiger charge is 2.14. The molecule has 2 aromatic carbocycles. The summed E-state index contributed by atoms with van der Waals surface area (Å²) in [6.45, 7) is 3.86. The zero-order chi connectivity index (χ0) is 13.1. The van der Waals surface area contributed by atoms with Gasteiger partial charge in [0.25, 0.3) is 0 Å². The molecule has 2 rings (SSSR count). The van der Waals surface area contributed by atoms with Gasteiger partial charge in [0.2, 0.25) is 0 Å². The molecule has 0 aliphatic heterocycles. The van der Waals surface area contributed by atoms with Gasteiger partial charge in [0.1, 0.15) is 5.82 Å². The Morgan fingerprint density at radius 2 is 1.78 bits per heavy atom. The van der Waals surface area contributed by atoms with E-state index in [4.69, 9.17) is 5.73 Å². The van der Waals surface area contributed by atoms with Gasteiger partial charge >= 0.3 is 0 Å². The first-order chi connectivity index (χ1) is 8.63. The highest BCUT2D eigenvalue weighted by Crippen LogP contribution is 2.24. The van der Waals surface area contributed by atoms with Gasteiger partial charge < -0.3 is 5.73 Å². The van der Waals surface area contributed by atoms with Crippen LogP contribution in [0, 0.1) is 12.7 Å². The van der Waals surface area contributed by atoms with E-state index in [1.807, 2.05) is 30.3 Å². The molecule has 0 saturated carbocycles. The van der Waals surface area contributed by atoms with Crippen LogP contribution in [0.5, 0.6) is 0 Å². The van der Waals surface area contributed by atoms with Crippen molar-refractivity contribution in [3.63, 3.8) is 0 Å². The van der Waals surface area contributed by atoms with E-state index in [0.717, 1.165) is 12.0 Å². The Bertz CT molecular complexity index is 531. The molecule has 94 valence electrons. The minimum absolute atomic E-state index is 0.204. The van der Waals surface area contributed by atoms with E-state index in [2.05, 4.69) is 6.92 Å². The van der Waals surface area contributed by atoms with Crippen molar-refractivity contribution in [1.82, 2.24) is 0 Å². The van der Waals surface area contributed by atoms with Crippen LogP contribution in [-0.4, -0.2) is 0 Å². The number of hydrogen-bond acceptors (Lipinski definition) is 1. The predicted molar refractivity (Wildman–Crippen MR) is 73.0 cm³/mol. The predicted octanol–water partition coefficient (Wildman–Crippen LogP) is 3.74. The lowest BCUT2D eigenvalue weighted by Gasteiger charge is -2.15. The van der Waals surface area contributed by atoms with Gasteiger partial charge in [-0.2, -0.15) is 0 Å². The molecule has 0 fully saturated rings. The number of nitrogens with two attached hydrogens (primary N) is 1. The summed E-state index contributed by atoms with van der Waals surface area (Å²) in [5, 5.41) is 0. The normalized spacial score (nSPS) is 12.4. The monoisotopic (exact) mass is 243 g/mol. The SMILES string of the molecule is CCc1ccc(C(N)c2cccc(C)c2F)cc1. The van der Waals surface area contributed by atoms with E-state index in [-0.39, 0.29) is 5.82 Å². The lowest BCUT2D eigenvalue weighted by Crippen LogP contribution is -2.14. The van der Waals surface area contributed by atoms with Crippen molar-refractivity contribution in [2.45, 2.75) is 26.3 Å². The highest BCUT2D eigenvalue weighted by atomic mass is 19.1. The molecule has 1 unspecified atom stereocenters. The number of aryl methyl sites for hydroxylation is 2. The van der Waals surface area contributed by atoms with Crippen LogP contribution in [-0.2, 0) is 6.42 Å². The van der Waals surface area contributed by atoms with Gasteiger partial charge in [0.05, 0.1) is 6.04 Å². The van der Waals surface area contributed by atoms with Gasteiger partial charge in [-0.3, -0.25) is 0 Å². The number of rotatable bonds is 3. The molecule has 2 heteroatoms. The van der Waals surface area contributed by atoms with E-state index in [9.17, 15) is 4.39 Å². The van der Waals surface area contributed by atoms with E-state index < -0.39 is 6.04 Å². The van der Waals surface area contributed by atoms with Crippen molar-refractivity contribution < 1.29 is 4.39 Å².